The fourth-order valence-electron chi connectivity index (χ4n) is 3.23. The second-order valence-electron chi connectivity index (χ2n) is 6.16. The summed E-state index contributed by atoms with van der Waals surface area (Å²) in [6.07, 6.45) is -4.49. The summed E-state index contributed by atoms with van der Waals surface area (Å²) >= 11 is 13.0. The molecule has 0 N–H and O–H groups in total. The first-order chi connectivity index (χ1) is 12.8. The third kappa shape index (κ3) is 3.19. The maximum atomic E-state index is 13.0. The molecule has 2 atom stereocenters. The minimum absolute atomic E-state index is 0.133. The van der Waals surface area contributed by atoms with E-state index in [1.54, 1.807) is 28.8 Å². The summed E-state index contributed by atoms with van der Waals surface area (Å²) in [4.78, 5) is 15.9. The standard InChI is InChI=1S/C18H12ClF3N2OS2/c19-12-6-4-10(5-7-12)16-24-14(9-27-16)15(25)23(17(24)26)13-3-1-2-11(8-13)18(20,21)22/h1-8,14,16H,9H2/t14-,16+/m1/s1. The van der Waals surface area contributed by atoms with E-state index in [-0.39, 0.29) is 22.1 Å². The number of halogens is 4. The molecule has 0 aromatic heterocycles. The average Bonchev–Trinajstić information content (AvgIpc) is 3.16. The molecule has 2 aliphatic heterocycles. The second-order valence-corrected chi connectivity index (χ2v) is 8.08. The van der Waals surface area contributed by atoms with E-state index in [0.29, 0.717) is 10.8 Å². The van der Waals surface area contributed by atoms with Gasteiger partial charge in [-0.3, -0.25) is 9.69 Å². The summed E-state index contributed by atoms with van der Waals surface area (Å²) in [6, 6.07) is 11.4. The summed E-state index contributed by atoms with van der Waals surface area (Å²) in [5.41, 5.74) is 0.258. The number of fused-ring (bicyclic) bond motifs is 1. The first-order valence-electron chi connectivity index (χ1n) is 7.98. The third-order valence-corrected chi connectivity index (χ3v) is 6.47. The Balaban J connectivity index is 1.68. The van der Waals surface area contributed by atoms with Crippen LogP contribution in [-0.2, 0) is 11.0 Å². The lowest BCUT2D eigenvalue weighted by Gasteiger charge is -2.26. The number of carbonyl (C=O) groups is 1. The lowest BCUT2D eigenvalue weighted by Crippen LogP contribution is -2.33. The summed E-state index contributed by atoms with van der Waals surface area (Å²) < 4.78 is 39.1. The maximum absolute atomic E-state index is 13.0. The van der Waals surface area contributed by atoms with Gasteiger partial charge in [-0.2, -0.15) is 13.2 Å². The zero-order valence-corrected chi connectivity index (χ0v) is 16.0. The van der Waals surface area contributed by atoms with Crippen molar-refractivity contribution in [1.29, 1.82) is 0 Å². The summed E-state index contributed by atoms with van der Waals surface area (Å²) in [5.74, 6) is 0.213. The fourth-order valence-corrected chi connectivity index (χ4v) is 5.28. The van der Waals surface area contributed by atoms with Crippen LogP contribution in [0.25, 0.3) is 0 Å². The van der Waals surface area contributed by atoms with E-state index in [2.05, 4.69) is 0 Å². The number of thioether (sulfide) groups is 1. The molecule has 140 valence electrons. The third-order valence-electron chi connectivity index (χ3n) is 4.50. The molecule has 3 nitrogen and oxygen atoms in total. The quantitative estimate of drug-likeness (QED) is 0.620. The van der Waals surface area contributed by atoms with E-state index in [4.69, 9.17) is 23.8 Å². The van der Waals surface area contributed by atoms with Crippen molar-refractivity contribution in [1.82, 2.24) is 4.90 Å². The van der Waals surface area contributed by atoms with E-state index in [1.807, 2.05) is 12.1 Å². The maximum Gasteiger partial charge on any atom is 0.416 e. The summed E-state index contributed by atoms with van der Waals surface area (Å²) in [6.45, 7) is 0. The van der Waals surface area contributed by atoms with Crippen molar-refractivity contribution >= 4 is 52.3 Å². The molecule has 2 heterocycles. The number of amides is 1. The molecule has 4 rings (SSSR count). The van der Waals surface area contributed by atoms with Crippen LogP contribution in [0.4, 0.5) is 18.9 Å². The van der Waals surface area contributed by atoms with Crippen LogP contribution in [0.5, 0.6) is 0 Å². The van der Waals surface area contributed by atoms with Crippen molar-refractivity contribution in [3.8, 4) is 0 Å². The highest BCUT2D eigenvalue weighted by atomic mass is 35.5. The number of hydrogen-bond donors (Lipinski definition) is 0. The lowest BCUT2D eigenvalue weighted by atomic mass is 10.2. The van der Waals surface area contributed by atoms with Crippen LogP contribution < -0.4 is 4.90 Å². The van der Waals surface area contributed by atoms with Crippen molar-refractivity contribution in [2.24, 2.45) is 0 Å². The van der Waals surface area contributed by atoms with Crippen molar-refractivity contribution in [2.75, 3.05) is 10.7 Å². The van der Waals surface area contributed by atoms with Crippen LogP contribution in [0.3, 0.4) is 0 Å². The number of nitrogens with zero attached hydrogens (tertiary/aromatic N) is 2. The zero-order valence-electron chi connectivity index (χ0n) is 13.6. The number of rotatable bonds is 2. The number of carbonyl (C=O) groups excluding carboxylic acids is 1. The van der Waals surface area contributed by atoms with E-state index in [9.17, 15) is 18.0 Å². The van der Waals surface area contributed by atoms with Gasteiger partial charge < -0.3 is 4.90 Å². The Bertz CT molecular complexity index is 920. The molecule has 0 spiro atoms. The summed E-state index contributed by atoms with van der Waals surface area (Å²) in [7, 11) is 0. The monoisotopic (exact) mass is 428 g/mol. The molecule has 27 heavy (non-hydrogen) atoms. The molecule has 1 amide bonds. The SMILES string of the molecule is O=C1[C@H]2CS[C@@H](c3ccc(Cl)cc3)N2C(=S)N1c1cccc(C(F)(F)F)c1. The molecule has 0 saturated carbocycles. The van der Waals surface area contributed by atoms with Crippen LogP contribution in [0, 0.1) is 0 Å². The number of benzene rings is 2. The van der Waals surface area contributed by atoms with Gasteiger partial charge in [-0.1, -0.05) is 29.8 Å². The molecule has 0 aliphatic carbocycles. The molecule has 0 unspecified atom stereocenters. The van der Waals surface area contributed by atoms with Crippen LogP contribution in [0.1, 0.15) is 16.5 Å². The van der Waals surface area contributed by atoms with Gasteiger partial charge in [0, 0.05) is 10.8 Å². The van der Waals surface area contributed by atoms with E-state index in [0.717, 1.165) is 17.7 Å². The molecule has 0 radical (unpaired) electrons. The van der Waals surface area contributed by atoms with Crippen LogP contribution in [-0.4, -0.2) is 27.7 Å². The number of hydrogen-bond acceptors (Lipinski definition) is 3. The van der Waals surface area contributed by atoms with Crippen molar-refractivity contribution < 1.29 is 18.0 Å². The molecule has 2 aromatic carbocycles. The van der Waals surface area contributed by atoms with E-state index < -0.39 is 17.8 Å². The Morgan fingerprint density at radius 1 is 1.15 bits per heavy atom. The van der Waals surface area contributed by atoms with Crippen LogP contribution >= 0.6 is 35.6 Å². The fraction of sp³-hybridized carbons (Fsp3) is 0.222. The molecule has 0 bridgehead atoms. The smallest absolute Gasteiger partial charge is 0.319 e. The second kappa shape index (κ2) is 6.68. The molecule has 2 aromatic rings. The van der Waals surface area contributed by atoms with Gasteiger partial charge in [-0.25, -0.2) is 0 Å². The Hall–Kier alpha value is -1.77. The number of thiocarbonyl (C=S) groups is 1. The molecule has 2 aliphatic rings. The van der Waals surface area contributed by atoms with Crippen LogP contribution in [0.15, 0.2) is 48.5 Å². The Kier molecular flexibility index (Phi) is 4.60. The number of alkyl halides is 3. The molecular weight excluding hydrogens is 417 g/mol. The van der Waals surface area contributed by atoms with Gasteiger partial charge in [0.25, 0.3) is 5.91 Å². The van der Waals surface area contributed by atoms with E-state index in [1.165, 1.54) is 17.0 Å². The van der Waals surface area contributed by atoms with Crippen molar-refractivity contribution in [3.05, 3.63) is 64.7 Å². The lowest BCUT2D eigenvalue weighted by molar-refractivity contribution is -0.137. The molecule has 9 heteroatoms. The zero-order chi connectivity index (χ0) is 19.3. The Morgan fingerprint density at radius 2 is 1.85 bits per heavy atom. The van der Waals surface area contributed by atoms with Gasteiger partial charge in [-0.15, -0.1) is 11.8 Å². The highest BCUT2D eigenvalue weighted by molar-refractivity contribution is 7.99. The van der Waals surface area contributed by atoms with Gasteiger partial charge in [0.15, 0.2) is 5.11 Å². The van der Waals surface area contributed by atoms with Gasteiger partial charge >= 0.3 is 6.18 Å². The average molecular weight is 429 g/mol. The largest absolute Gasteiger partial charge is 0.416 e. The molecular formula is C18H12ClF3N2OS2. The highest BCUT2D eigenvalue weighted by Crippen LogP contribution is 2.46. The predicted molar refractivity (Wildman–Crippen MR) is 104 cm³/mol. The van der Waals surface area contributed by atoms with Gasteiger partial charge in [0.2, 0.25) is 0 Å². The van der Waals surface area contributed by atoms with Gasteiger partial charge in [-0.05, 0) is 48.1 Å². The van der Waals surface area contributed by atoms with Gasteiger partial charge in [0.05, 0.1) is 11.3 Å². The minimum atomic E-state index is -4.49. The summed E-state index contributed by atoms with van der Waals surface area (Å²) in [5, 5.41) is 0.637. The van der Waals surface area contributed by atoms with Crippen molar-refractivity contribution in [2.45, 2.75) is 17.6 Å². The topological polar surface area (TPSA) is 23.6 Å². The van der Waals surface area contributed by atoms with Crippen LogP contribution in [0.2, 0.25) is 5.02 Å². The minimum Gasteiger partial charge on any atom is -0.319 e. The molecule has 2 fully saturated rings. The van der Waals surface area contributed by atoms with Gasteiger partial charge in [0.1, 0.15) is 11.4 Å². The predicted octanol–water partition coefficient (Wildman–Crippen LogP) is 5.11. The Morgan fingerprint density at radius 3 is 2.52 bits per heavy atom. The normalized spacial score (nSPS) is 22.5. The van der Waals surface area contributed by atoms with Crippen molar-refractivity contribution in [3.63, 3.8) is 0 Å². The Labute approximate surface area is 168 Å². The number of anilines is 1. The highest BCUT2D eigenvalue weighted by Gasteiger charge is 2.51. The molecule has 2 saturated heterocycles. The van der Waals surface area contributed by atoms with E-state index >= 15 is 0 Å². The first-order valence-corrected chi connectivity index (χ1v) is 9.81. The first kappa shape index (κ1) is 18.6.